The molecule has 0 spiro atoms. The molecule has 19 heavy (non-hydrogen) atoms. The number of rotatable bonds is 6. The zero-order valence-electron chi connectivity index (χ0n) is 12.4. The Morgan fingerprint density at radius 3 is 2.37 bits per heavy atom. The monoisotopic (exact) mass is 270 g/mol. The van der Waals surface area contributed by atoms with Crippen LogP contribution in [0.4, 0.5) is 0 Å². The van der Waals surface area contributed by atoms with E-state index in [9.17, 15) is 9.59 Å². The number of hydrogen-bond donors (Lipinski definition) is 2. The van der Waals surface area contributed by atoms with Gasteiger partial charge in [0.05, 0.1) is 11.8 Å². The normalized spacial score (nSPS) is 23.6. The summed E-state index contributed by atoms with van der Waals surface area (Å²) < 4.78 is 0. The van der Waals surface area contributed by atoms with Crippen molar-refractivity contribution in [1.29, 1.82) is 0 Å². The average molecular weight is 270 g/mol. The minimum absolute atomic E-state index is 0.0174. The van der Waals surface area contributed by atoms with Crippen molar-refractivity contribution in [2.45, 2.75) is 33.1 Å². The summed E-state index contributed by atoms with van der Waals surface area (Å²) in [4.78, 5) is 25.3. The summed E-state index contributed by atoms with van der Waals surface area (Å²) in [5.74, 6) is -1.80. The van der Waals surface area contributed by atoms with Gasteiger partial charge in [0.1, 0.15) is 0 Å². The van der Waals surface area contributed by atoms with Gasteiger partial charge in [0.15, 0.2) is 0 Å². The average Bonchev–Trinajstić information content (AvgIpc) is 2.73. The molecule has 0 saturated heterocycles. The molecule has 110 valence electrons. The van der Waals surface area contributed by atoms with E-state index in [1.165, 1.54) is 0 Å². The topological polar surface area (TPSA) is 69.6 Å². The minimum Gasteiger partial charge on any atom is -0.481 e. The van der Waals surface area contributed by atoms with Crippen LogP contribution in [0.2, 0.25) is 0 Å². The molecule has 1 aliphatic rings. The molecule has 0 radical (unpaired) electrons. The molecular weight excluding hydrogens is 244 g/mol. The number of aliphatic carboxylic acids is 1. The summed E-state index contributed by atoms with van der Waals surface area (Å²) in [5.41, 5.74) is -0.0174. The fourth-order valence-electron chi connectivity index (χ4n) is 2.94. The maximum Gasteiger partial charge on any atom is 0.307 e. The number of carbonyl (C=O) groups excluding carboxylic acids is 1. The maximum atomic E-state index is 12.1. The van der Waals surface area contributed by atoms with Gasteiger partial charge in [-0.2, -0.15) is 0 Å². The highest BCUT2D eigenvalue weighted by Gasteiger charge is 2.38. The van der Waals surface area contributed by atoms with E-state index in [2.05, 4.69) is 24.1 Å². The van der Waals surface area contributed by atoms with E-state index < -0.39 is 11.9 Å². The van der Waals surface area contributed by atoms with Crippen LogP contribution in [0.3, 0.4) is 0 Å². The third kappa shape index (κ3) is 4.82. The largest absolute Gasteiger partial charge is 0.481 e. The number of carboxylic acid groups (broad SMARTS) is 1. The number of carboxylic acids is 1. The Balaban J connectivity index is 2.49. The van der Waals surface area contributed by atoms with Gasteiger partial charge in [-0.3, -0.25) is 9.59 Å². The van der Waals surface area contributed by atoms with Gasteiger partial charge in [0.2, 0.25) is 5.91 Å². The first kappa shape index (κ1) is 16.0. The predicted octanol–water partition coefficient (Wildman–Crippen LogP) is 1.19. The van der Waals surface area contributed by atoms with E-state index in [4.69, 9.17) is 5.11 Å². The van der Waals surface area contributed by atoms with Gasteiger partial charge in [-0.05, 0) is 32.4 Å². The lowest BCUT2D eigenvalue weighted by Gasteiger charge is -2.29. The molecule has 5 heteroatoms. The Bertz CT molecular complexity index is 340. The lowest BCUT2D eigenvalue weighted by atomic mass is 9.91. The third-order valence-corrected chi connectivity index (χ3v) is 3.66. The molecule has 1 saturated carbocycles. The molecule has 1 fully saturated rings. The molecule has 1 rings (SSSR count). The van der Waals surface area contributed by atoms with Crippen LogP contribution in [0, 0.1) is 17.3 Å². The molecular formula is C14H26N2O3. The highest BCUT2D eigenvalue weighted by atomic mass is 16.4. The molecule has 2 N–H and O–H groups in total. The van der Waals surface area contributed by atoms with Crippen molar-refractivity contribution >= 4 is 11.9 Å². The first-order valence-electron chi connectivity index (χ1n) is 6.88. The molecule has 0 aliphatic heterocycles. The molecule has 0 heterocycles. The lowest BCUT2D eigenvalue weighted by molar-refractivity contribution is -0.146. The molecule has 0 aromatic carbocycles. The Kier molecular flexibility index (Phi) is 5.35. The van der Waals surface area contributed by atoms with Crippen molar-refractivity contribution in [2.75, 3.05) is 27.2 Å². The van der Waals surface area contributed by atoms with Crippen LogP contribution < -0.4 is 5.32 Å². The molecule has 0 aromatic rings. The van der Waals surface area contributed by atoms with Crippen molar-refractivity contribution < 1.29 is 14.7 Å². The van der Waals surface area contributed by atoms with Crippen LogP contribution >= 0.6 is 0 Å². The molecule has 2 unspecified atom stereocenters. The summed E-state index contributed by atoms with van der Waals surface area (Å²) in [6, 6.07) is 0. The summed E-state index contributed by atoms with van der Waals surface area (Å²) in [7, 11) is 4.00. The standard InChI is InChI=1S/C14H26N2O3/c1-14(2,9-16(3)4)8-15-12(17)10-6-5-7-11(10)13(18)19/h10-11H,5-9H2,1-4H3,(H,15,17)(H,18,19). The highest BCUT2D eigenvalue weighted by Crippen LogP contribution is 2.32. The molecule has 0 aromatic heterocycles. The van der Waals surface area contributed by atoms with Crippen molar-refractivity contribution in [3.05, 3.63) is 0 Å². The number of hydrogen-bond acceptors (Lipinski definition) is 3. The number of nitrogens with one attached hydrogen (secondary N) is 1. The molecule has 1 aliphatic carbocycles. The second-order valence-corrected chi connectivity index (χ2v) is 6.60. The van der Waals surface area contributed by atoms with Gasteiger partial charge in [-0.25, -0.2) is 0 Å². The second-order valence-electron chi connectivity index (χ2n) is 6.60. The second kappa shape index (κ2) is 6.37. The fourth-order valence-corrected chi connectivity index (χ4v) is 2.94. The third-order valence-electron chi connectivity index (χ3n) is 3.66. The van der Waals surface area contributed by atoms with Crippen LogP contribution in [-0.2, 0) is 9.59 Å². The predicted molar refractivity (Wildman–Crippen MR) is 73.8 cm³/mol. The van der Waals surface area contributed by atoms with Crippen LogP contribution in [0.15, 0.2) is 0 Å². The summed E-state index contributed by atoms with van der Waals surface area (Å²) >= 11 is 0. The van der Waals surface area contributed by atoms with Crippen molar-refractivity contribution in [2.24, 2.45) is 17.3 Å². The van der Waals surface area contributed by atoms with Gasteiger partial charge in [-0.15, -0.1) is 0 Å². The van der Waals surface area contributed by atoms with Crippen LogP contribution in [-0.4, -0.2) is 49.1 Å². The van der Waals surface area contributed by atoms with Gasteiger partial charge in [0, 0.05) is 13.1 Å². The number of amides is 1. The van der Waals surface area contributed by atoms with Crippen molar-refractivity contribution in [3.63, 3.8) is 0 Å². The van der Waals surface area contributed by atoms with Crippen LogP contribution in [0.1, 0.15) is 33.1 Å². The number of carbonyl (C=O) groups is 2. The smallest absolute Gasteiger partial charge is 0.307 e. The first-order chi connectivity index (χ1) is 8.73. The van der Waals surface area contributed by atoms with E-state index in [1.54, 1.807) is 0 Å². The molecule has 0 bridgehead atoms. The highest BCUT2D eigenvalue weighted by molar-refractivity contribution is 5.85. The SMILES string of the molecule is CN(C)CC(C)(C)CNC(=O)C1CCCC1C(=O)O. The Labute approximate surface area is 115 Å². The van der Waals surface area contributed by atoms with E-state index >= 15 is 0 Å². The zero-order chi connectivity index (χ0) is 14.6. The van der Waals surface area contributed by atoms with Gasteiger partial charge in [0.25, 0.3) is 0 Å². The summed E-state index contributed by atoms with van der Waals surface area (Å²) in [6.07, 6.45) is 2.14. The van der Waals surface area contributed by atoms with E-state index in [-0.39, 0.29) is 17.2 Å². The van der Waals surface area contributed by atoms with Crippen LogP contribution in [0.25, 0.3) is 0 Å². The molecule has 5 nitrogen and oxygen atoms in total. The van der Waals surface area contributed by atoms with Gasteiger partial charge in [-0.1, -0.05) is 20.3 Å². The van der Waals surface area contributed by atoms with Crippen LogP contribution in [0.5, 0.6) is 0 Å². The van der Waals surface area contributed by atoms with Crippen molar-refractivity contribution in [1.82, 2.24) is 10.2 Å². The fraction of sp³-hybridized carbons (Fsp3) is 0.857. The van der Waals surface area contributed by atoms with Gasteiger partial charge < -0.3 is 15.3 Å². The maximum absolute atomic E-state index is 12.1. The Morgan fingerprint density at radius 1 is 1.26 bits per heavy atom. The number of nitrogens with zero attached hydrogens (tertiary/aromatic N) is 1. The Morgan fingerprint density at radius 2 is 1.84 bits per heavy atom. The van der Waals surface area contributed by atoms with E-state index in [0.717, 1.165) is 13.0 Å². The van der Waals surface area contributed by atoms with Crippen molar-refractivity contribution in [3.8, 4) is 0 Å². The summed E-state index contributed by atoms with van der Waals surface area (Å²) in [6.45, 7) is 5.64. The summed E-state index contributed by atoms with van der Waals surface area (Å²) in [5, 5.41) is 12.0. The first-order valence-corrected chi connectivity index (χ1v) is 6.88. The minimum atomic E-state index is -0.842. The Hall–Kier alpha value is -1.10. The zero-order valence-corrected chi connectivity index (χ0v) is 12.4. The van der Waals surface area contributed by atoms with E-state index in [0.29, 0.717) is 19.4 Å². The lowest BCUT2D eigenvalue weighted by Crippen LogP contribution is -2.43. The van der Waals surface area contributed by atoms with Gasteiger partial charge >= 0.3 is 5.97 Å². The molecule has 1 amide bonds. The van der Waals surface area contributed by atoms with E-state index in [1.807, 2.05) is 14.1 Å². The quantitative estimate of drug-likeness (QED) is 0.760. The molecule has 2 atom stereocenters.